The lowest BCUT2D eigenvalue weighted by atomic mass is 10.2. The van der Waals surface area contributed by atoms with Crippen LogP contribution >= 0.6 is 0 Å². The molecular formula is C12H15NO. The fourth-order valence-electron chi connectivity index (χ4n) is 1.83. The molecule has 0 spiro atoms. The highest BCUT2D eigenvalue weighted by Crippen LogP contribution is 2.19. The third-order valence-corrected chi connectivity index (χ3v) is 2.43. The number of rotatable bonds is 3. The van der Waals surface area contributed by atoms with Crippen LogP contribution in [0.3, 0.4) is 0 Å². The van der Waals surface area contributed by atoms with Crippen LogP contribution in [-0.2, 0) is 6.42 Å². The first-order valence-electron chi connectivity index (χ1n) is 5.00. The largest absolute Gasteiger partial charge is 0.417 e. The Bertz CT molecular complexity index is 431. The van der Waals surface area contributed by atoms with Gasteiger partial charge in [-0.15, -0.1) is 0 Å². The van der Waals surface area contributed by atoms with Crippen molar-refractivity contribution in [2.75, 3.05) is 7.11 Å². The molecule has 0 saturated heterocycles. The fraction of sp³-hybridized carbons (Fsp3) is 0.333. The fourth-order valence-corrected chi connectivity index (χ4v) is 1.83. The van der Waals surface area contributed by atoms with Crippen molar-refractivity contribution in [1.82, 2.24) is 4.73 Å². The molecule has 0 aliphatic heterocycles. The molecular weight excluding hydrogens is 174 g/mol. The van der Waals surface area contributed by atoms with Crippen molar-refractivity contribution < 1.29 is 4.84 Å². The Hall–Kier alpha value is -1.44. The van der Waals surface area contributed by atoms with Gasteiger partial charge in [-0.25, -0.2) is 0 Å². The van der Waals surface area contributed by atoms with Crippen LogP contribution < -0.4 is 4.84 Å². The predicted octanol–water partition coefficient (Wildman–Crippen LogP) is 2.65. The predicted molar refractivity (Wildman–Crippen MR) is 58.4 cm³/mol. The smallest absolute Gasteiger partial charge is 0.104 e. The second kappa shape index (κ2) is 3.74. The number of fused-ring (bicyclic) bond motifs is 1. The van der Waals surface area contributed by atoms with Crippen LogP contribution in [0.15, 0.2) is 30.3 Å². The van der Waals surface area contributed by atoms with E-state index in [-0.39, 0.29) is 0 Å². The molecule has 1 heterocycles. The van der Waals surface area contributed by atoms with Crippen LogP contribution in [0.4, 0.5) is 0 Å². The number of aromatic nitrogens is 1. The van der Waals surface area contributed by atoms with E-state index in [1.165, 1.54) is 11.1 Å². The zero-order valence-corrected chi connectivity index (χ0v) is 8.66. The van der Waals surface area contributed by atoms with Gasteiger partial charge in [0.2, 0.25) is 0 Å². The van der Waals surface area contributed by atoms with Crippen LogP contribution in [-0.4, -0.2) is 11.8 Å². The summed E-state index contributed by atoms with van der Waals surface area (Å²) in [6.07, 6.45) is 2.20. The Labute approximate surface area is 84.1 Å². The third kappa shape index (κ3) is 1.37. The standard InChI is InChI=1S/C12H15NO/c1-3-6-11-9-10-7-4-5-8-12(10)13(11)14-2/h4-5,7-9H,3,6H2,1-2H3. The first kappa shape index (κ1) is 9.13. The molecule has 1 aromatic heterocycles. The Morgan fingerprint density at radius 3 is 2.79 bits per heavy atom. The van der Waals surface area contributed by atoms with E-state index in [9.17, 15) is 0 Å². The molecule has 0 amide bonds. The summed E-state index contributed by atoms with van der Waals surface area (Å²) < 4.78 is 1.92. The van der Waals surface area contributed by atoms with Gasteiger partial charge in [0.05, 0.1) is 11.2 Å². The topological polar surface area (TPSA) is 14.2 Å². The molecule has 2 aromatic rings. The molecule has 0 N–H and O–H groups in total. The minimum Gasteiger partial charge on any atom is -0.417 e. The second-order valence-electron chi connectivity index (χ2n) is 3.42. The molecule has 1 aromatic carbocycles. The summed E-state index contributed by atoms with van der Waals surface area (Å²) in [6, 6.07) is 10.5. The van der Waals surface area contributed by atoms with E-state index in [1.54, 1.807) is 7.11 Å². The van der Waals surface area contributed by atoms with Gasteiger partial charge in [0.15, 0.2) is 0 Å². The summed E-state index contributed by atoms with van der Waals surface area (Å²) in [5.74, 6) is 0. The summed E-state index contributed by atoms with van der Waals surface area (Å²) in [5, 5.41) is 1.25. The number of para-hydroxylation sites is 1. The number of hydrogen-bond donors (Lipinski definition) is 0. The normalized spacial score (nSPS) is 10.7. The highest BCUT2D eigenvalue weighted by Gasteiger charge is 2.06. The number of nitrogens with zero attached hydrogens (tertiary/aromatic N) is 1. The molecule has 2 heteroatoms. The van der Waals surface area contributed by atoms with Crippen LogP contribution in [0.5, 0.6) is 0 Å². The van der Waals surface area contributed by atoms with Gasteiger partial charge in [-0.2, -0.15) is 4.73 Å². The molecule has 14 heavy (non-hydrogen) atoms. The van der Waals surface area contributed by atoms with Crippen LogP contribution in [0.2, 0.25) is 0 Å². The van der Waals surface area contributed by atoms with Crippen molar-refractivity contribution in [3.05, 3.63) is 36.0 Å². The maximum atomic E-state index is 5.37. The molecule has 0 saturated carbocycles. The van der Waals surface area contributed by atoms with Crippen molar-refractivity contribution in [3.8, 4) is 0 Å². The summed E-state index contributed by atoms with van der Waals surface area (Å²) >= 11 is 0. The van der Waals surface area contributed by atoms with E-state index in [2.05, 4.69) is 31.2 Å². The van der Waals surface area contributed by atoms with E-state index < -0.39 is 0 Å². The summed E-state index contributed by atoms with van der Waals surface area (Å²) in [4.78, 5) is 5.37. The lowest BCUT2D eigenvalue weighted by Gasteiger charge is -2.06. The zero-order valence-electron chi connectivity index (χ0n) is 8.66. The van der Waals surface area contributed by atoms with E-state index in [0.717, 1.165) is 18.4 Å². The average Bonchev–Trinajstić information content (AvgIpc) is 2.55. The van der Waals surface area contributed by atoms with Gasteiger partial charge in [-0.1, -0.05) is 31.5 Å². The van der Waals surface area contributed by atoms with Crippen LogP contribution in [0.25, 0.3) is 10.9 Å². The monoisotopic (exact) mass is 189 g/mol. The Balaban J connectivity index is 2.60. The van der Waals surface area contributed by atoms with Gasteiger partial charge in [0.25, 0.3) is 0 Å². The lowest BCUT2D eigenvalue weighted by Crippen LogP contribution is -2.08. The number of hydrogen-bond acceptors (Lipinski definition) is 1. The van der Waals surface area contributed by atoms with E-state index >= 15 is 0 Å². The van der Waals surface area contributed by atoms with Gasteiger partial charge in [-0.05, 0) is 18.6 Å². The lowest BCUT2D eigenvalue weighted by molar-refractivity contribution is 0.171. The molecule has 0 unspecified atom stereocenters. The molecule has 2 nitrogen and oxygen atoms in total. The van der Waals surface area contributed by atoms with Crippen molar-refractivity contribution in [2.24, 2.45) is 0 Å². The zero-order chi connectivity index (χ0) is 9.97. The third-order valence-electron chi connectivity index (χ3n) is 2.43. The molecule has 0 aliphatic rings. The van der Waals surface area contributed by atoms with Gasteiger partial charge in [0, 0.05) is 5.39 Å². The van der Waals surface area contributed by atoms with Gasteiger partial charge >= 0.3 is 0 Å². The van der Waals surface area contributed by atoms with Crippen molar-refractivity contribution >= 4 is 10.9 Å². The molecule has 0 bridgehead atoms. The van der Waals surface area contributed by atoms with Crippen LogP contribution in [0.1, 0.15) is 19.0 Å². The van der Waals surface area contributed by atoms with Crippen molar-refractivity contribution in [3.63, 3.8) is 0 Å². The van der Waals surface area contributed by atoms with E-state index in [0.29, 0.717) is 0 Å². The molecule has 0 radical (unpaired) electrons. The minimum absolute atomic E-state index is 1.06. The van der Waals surface area contributed by atoms with Crippen molar-refractivity contribution in [2.45, 2.75) is 19.8 Å². The highest BCUT2D eigenvalue weighted by atomic mass is 16.6. The van der Waals surface area contributed by atoms with E-state index in [1.807, 2.05) is 10.8 Å². The SMILES string of the molecule is CCCc1cc2ccccc2n1OC. The quantitative estimate of drug-likeness (QED) is 0.724. The molecule has 0 aliphatic carbocycles. The maximum absolute atomic E-state index is 5.37. The highest BCUT2D eigenvalue weighted by molar-refractivity contribution is 5.80. The summed E-state index contributed by atoms with van der Waals surface area (Å²) in [5.41, 5.74) is 2.40. The Morgan fingerprint density at radius 1 is 1.29 bits per heavy atom. The van der Waals surface area contributed by atoms with Gasteiger partial charge in [-0.3, -0.25) is 0 Å². The molecule has 0 atom stereocenters. The summed E-state index contributed by atoms with van der Waals surface area (Å²) in [6.45, 7) is 2.18. The first-order valence-corrected chi connectivity index (χ1v) is 5.00. The molecule has 2 rings (SSSR count). The number of aryl methyl sites for hydroxylation is 1. The van der Waals surface area contributed by atoms with Gasteiger partial charge in [0.1, 0.15) is 7.11 Å². The minimum atomic E-state index is 1.06. The number of benzene rings is 1. The van der Waals surface area contributed by atoms with Crippen molar-refractivity contribution in [1.29, 1.82) is 0 Å². The van der Waals surface area contributed by atoms with Gasteiger partial charge < -0.3 is 4.84 Å². The summed E-state index contributed by atoms with van der Waals surface area (Å²) in [7, 11) is 1.71. The molecule has 74 valence electrons. The maximum Gasteiger partial charge on any atom is 0.104 e. The Kier molecular flexibility index (Phi) is 2.44. The van der Waals surface area contributed by atoms with E-state index in [4.69, 9.17) is 4.84 Å². The Morgan fingerprint density at radius 2 is 2.07 bits per heavy atom. The van der Waals surface area contributed by atoms with Crippen LogP contribution in [0, 0.1) is 0 Å². The average molecular weight is 189 g/mol. The second-order valence-corrected chi connectivity index (χ2v) is 3.42. The first-order chi connectivity index (χ1) is 6.86. The molecule has 0 fully saturated rings.